The topological polar surface area (TPSA) is 81.9 Å². The van der Waals surface area contributed by atoms with Gasteiger partial charge in [0.2, 0.25) is 0 Å². The normalized spacial score (nSPS) is 12.8. The molecule has 0 bridgehead atoms. The molecule has 0 aromatic carbocycles. The van der Waals surface area contributed by atoms with Crippen molar-refractivity contribution in [2.45, 2.75) is 46.1 Å². The number of rotatable bonds is 4. The van der Waals surface area contributed by atoms with Crippen LogP contribution in [0.15, 0.2) is 18.3 Å². The van der Waals surface area contributed by atoms with Gasteiger partial charge in [-0.1, -0.05) is 18.3 Å². The third-order valence-electron chi connectivity index (χ3n) is 4.82. The Morgan fingerprint density at radius 1 is 1.36 bits per heavy atom. The van der Waals surface area contributed by atoms with Gasteiger partial charge in [0.15, 0.2) is 5.13 Å². The molecule has 0 aliphatic heterocycles. The van der Waals surface area contributed by atoms with Gasteiger partial charge in [0.05, 0.1) is 29.1 Å². The van der Waals surface area contributed by atoms with E-state index in [1.807, 2.05) is 19.2 Å². The third kappa shape index (κ3) is 3.40. The van der Waals surface area contributed by atoms with Crippen molar-refractivity contribution in [1.29, 1.82) is 0 Å². The van der Waals surface area contributed by atoms with Crippen LogP contribution in [0.2, 0.25) is 0 Å². The number of nitrogens with zero attached hydrogens (tertiary/aromatic N) is 4. The predicted molar refractivity (Wildman–Crippen MR) is 110 cm³/mol. The van der Waals surface area contributed by atoms with E-state index in [2.05, 4.69) is 33.0 Å². The quantitative estimate of drug-likeness (QED) is 0.703. The first kappa shape index (κ1) is 18.6. The van der Waals surface area contributed by atoms with E-state index in [0.29, 0.717) is 5.13 Å². The van der Waals surface area contributed by atoms with Gasteiger partial charge in [0.25, 0.3) is 0 Å². The Morgan fingerprint density at radius 3 is 2.93 bits per heavy atom. The van der Waals surface area contributed by atoms with Crippen molar-refractivity contribution in [2.75, 3.05) is 12.4 Å². The molecule has 1 aliphatic rings. The maximum atomic E-state index is 11.6. The first-order valence-corrected chi connectivity index (χ1v) is 10.3. The molecule has 1 N–H and O–H groups in total. The number of thiazole rings is 1. The SMILES string of the molecule is CCCn1nc(-c2ccc(C)nc2)c2c1-c1sc(NC(=O)OC)nc1CCC2. The van der Waals surface area contributed by atoms with E-state index >= 15 is 0 Å². The van der Waals surface area contributed by atoms with E-state index in [0.717, 1.165) is 65.4 Å². The number of aryl methyl sites for hydroxylation is 3. The fourth-order valence-electron chi connectivity index (χ4n) is 3.53. The second-order valence-corrected chi connectivity index (χ2v) is 7.85. The molecule has 3 heterocycles. The summed E-state index contributed by atoms with van der Waals surface area (Å²) in [6.07, 6.45) is 5.20. The third-order valence-corrected chi connectivity index (χ3v) is 5.84. The lowest BCUT2D eigenvalue weighted by molar-refractivity contribution is 0.187. The van der Waals surface area contributed by atoms with Gasteiger partial charge in [-0.3, -0.25) is 15.0 Å². The summed E-state index contributed by atoms with van der Waals surface area (Å²) in [5.41, 5.74) is 6.41. The minimum absolute atomic E-state index is 0.502. The number of pyridine rings is 1. The molecule has 28 heavy (non-hydrogen) atoms. The number of fused-ring (bicyclic) bond motifs is 3. The highest BCUT2D eigenvalue weighted by atomic mass is 32.1. The number of anilines is 1. The molecule has 3 aromatic rings. The molecule has 146 valence electrons. The Bertz CT molecular complexity index is 1010. The molecule has 7 nitrogen and oxygen atoms in total. The van der Waals surface area contributed by atoms with Crippen LogP contribution < -0.4 is 5.32 Å². The lowest BCUT2D eigenvalue weighted by Gasteiger charge is -2.05. The summed E-state index contributed by atoms with van der Waals surface area (Å²) < 4.78 is 6.80. The average Bonchev–Trinajstić information content (AvgIpc) is 3.19. The Labute approximate surface area is 167 Å². The number of amides is 1. The Morgan fingerprint density at radius 2 is 2.21 bits per heavy atom. The molecule has 0 fully saturated rings. The van der Waals surface area contributed by atoms with E-state index in [-0.39, 0.29) is 0 Å². The second kappa shape index (κ2) is 7.71. The fourth-order valence-corrected chi connectivity index (χ4v) is 4.61. The zero-order chi connectivity index (χ0) is 19.7. The van der Waals surface area contributed by atoms with Gasteiger partial charge in [-0.2, -0.15) is 5.10 Å². The number of carbonyl (C=O) groups is 1. The summed E-state index contributed by atoms with van der Waals surface area (Å²) in [5, 5.41) is 8.22. The number of nitrogens with one attached hydrogen (secondary N) is 1. The molecular formula is C20H23N5O2S. The van der Waals surface area contributed by atoms with Crippen molar-refractivity contribution in [1.82, 2.24) is 19.7 Å². The van der Waals surface area contributed by atoms with Crippen LogP contribution in [0.3, 0.4) is 0 Å². The molecule has 3 aromatic heterocycles. The minimum atomic E-state index is -0.502. The van der Waals surface area contributed by atoms with Gasteiger partial charge in [-0.25, -0.2) is 9.78 Å². The van der Waals surface area contributed by atoms with Gasteiger partial charge in [0.1, 0.15) is 0 Å². The Balaban J connectivity index is 1.85. The lowest BCUT2D eigenvalue weighted by atomic mass is 10.0. The van der Waals surface area contributed by atoms with Gasteiger partial charge in [0, 0.05) is 29.6 Å². The van der Waals surface area contributed by atoms with Crippen LogP contribution in [-0.4, -0.2) is 33.0 Å². The zero-order valence-corrected chi connectivity index (χ0v) is 17.1. The van der Waals surface area contributed by atoms with Crippen molar-refractivity contribution in [2.24, 2.45) is 0 Å². The summed E-state index contributed by atoms with van der Waals surface area (Å²) in [5.74, 6) is 0. The van der Waals surface area contributed by atoms with Gasteiger partial charge in [-0.05, 0) is 44.7 Å². The standard InChI is InChI=1S/C20H23N5O2S/c1-4-10-25-17-14(16(24-25)13-9-8-12(2)21-11-13)6-5-7-15-18(17)28-19(22-15)23-20(26)27-3/h8-9,11H,4-7,10H2,1-3H3,(H,22,23,26). The van der Waals surface area contributed by atoms with E-state index in [1.54, 1.807) is 0 Å². The smallest absolute Gasteiger partial charge is 0.413 e. The molecule has 8 heteroatoms. The molecule has 0 spiro atoms. The van der Waals surface area contributed by atoms with Crippen molar-refractivity contribution in [3.05, 3.63) is 35.3 Å². The Kier molecular flexibility index (Phi) is 5.13. The van der Waals surface area contributed by atoms with Crippen molar-refractivity contribution < 1.29 is 9.53 Å². The first-order chi connectivity index (χ1) is 13.6. The Hall–Kier alpha value is -2.74. The molecule has 0 saturated heterocycles. The maximum absolute atomic E-state index is 11.6. The van der Waals surface area contributed by atoms with Crippen molar-refractivity contribution >= 4 is 22.6 Å². The molecule has 1 aliphatic carbocycles. The molecular weight excluding hydrogens is 374 g/mol. The highest BCUT2D eigenvalue weighted by Crippen LogP contribution is 2.42. The van der Waals surface area contributed by atoms with Crippen molar-refractivity contribution in [3.8, 4) is 21.8 Å². The summed E-state index contributed by atoms with van der Waals surface area (Å²) in [6, 6.07) is 4.11. The number of ether oxygens (including phenoxy) is 1. The van der Waals surface area contributed by atoms with E-state index in [9.17, 15) is 4.79 Å². The highest BCUT2D eigenvalue weighted by Gasteiger charge is 2.27. The lowest BCUT2D eigenvalue weighted by Crippen LogP contribution is -2.10. The first-order valence-electron chi connectivity index (χ1n) is 9.48. The van der Waals surface area contributed by atoms with Gasteiger partial charge < -0.3 is 4.74 Å². The largest absolute Gasteiger partial charge is 0.453 e. The number of aromatic nitrogens is 4. The van der Waals surface area contributed by atoms with Crippen LogP contribution in [0.5, 0.6) is 0 Å². The van der Waals surface area contributed by atoms with Crippen LogP contribution in [-0.2, 0) is 24.1 Å². The molecule has 0 radical (unpaired) electrons. The second-order valence-electron chi connectivity index (χ2n) is 6.85. The van der Waals surface area contributed by atoms with Crippen LogP contribution in [0.25, 0.3) is 21.8 Å². The molecule has 0 atom stereocenters. The van der Waals surface area contributed by atoms with Gasteiger partial charge in [-0.15, -0.1) is 0 Å². The van der Waals surface area contributed by atoms with Crippen LogP contribution in [0, 0.1) is 6.92 Å². The summed E-state index contributed by atoms with van der Waals surface area (Å²) in [4.78, 5) is 21.8. The minimum Gasteiger partial charge on any atom is -0.453 e. The molecule has 4 rings (SSSR count). The van der Waals surface area contributed by atoms with E-state index < -0.39 is 6.09 Å². The van der Waals surface area contributed by atoms with E-state index in [4.69, 9.17) is 9.84 Å². The van der Waals surface area contributed by atoms with Crippen LogP contribution >= 0.6 is 11.3 Å². The van der Waals surface area contributed by atoms with Crippen LogP contribution in [0.4, 0.5) is 9.93 Å². The van der Waals surface area contributed by atoms with E-state index in [1.165, 1.54) is 24.0 Å². The van der Waals surface area contributed by atoms with Crippen LogP contribution in [0.1, 0.15) is 36.7 Å². The monoisotopic (exact) mass is 397 g/mol. The fraction of sp³-hybridized carbons (Fsp3) is 0.400. The van der Waals surface area contributed by atoms with Crippen molar-refractivity contribution in [3.63, 3.8) is 0 Å². The molecule has 1 amide bonds. The molecule has 0 unspecified atom stereocenters. The summed E-state index contributed by atoms with van der Waals surface area (Å²) in [7, 11) is 1.35. The number of hydrogen-bond donors (Lipinski definition) is 1. The predicted octanol–water partition coefficient (Wildman–Crippen LogP) is 4.45. The maximum Gasteiger partial charge on any atom is 0.413 e. The average molecular weight is 398 g/mol. The van der Waals surface area contributed by atoms with Gasteiger partial charge >= 0.3 is 6.09 Å². The highest BCUT2D eigenvalue weighted by molar-refractivity contribution is 7.19. The number of carbonyl (C=O) groups excluding carboxylic acids is 1. The number of hydrogen-bond acceptors (Lipinski definition) is 6. The molecule has 0 saturated carbocycles. The summed E-state index contributed by atoms with van der Waals surface area (Å²) >= 11 is 1.49. The number of methoxy groups -OCH3 is 1. The summed E-state index contributed by atoms with van der Waals surface area (Å²) in [6.45, 7) is 4.97. The zero-order valence-electron chi connectivity index (χ0n) is 16.3.